The molecule has 3 fully saturated rings. The fraction of sp³-hybridized carbons (Fsp3) is 0.552. The van der Waals surface area contributed by atoms with Gasteiger partial charge in [0.05, 0.1) is 24.3 Å². The molecule has 3 aliphatic rings. The lowest BCUT2D eigenvalue weighted by Gasteiger charge is -2.47. The van der Waals surface area contributed by atoms with E-state index in [0.717, 1.165) is 62.5 Å². The number of carbonyl (C=O) groups is 1. The Morgan fingerprint density at radius 1 is 1.00 bits per heavy atom. The van der Waals surface area contributed by atoms with Crippen LogP contribution >= 0.6 is 0 Å². The van der Waals surface area contributed by atoms with Gasteiger partial charge in [-0.3, -0.25) is 4.79 Å². The number of rotatable bonds is 7. The lowest BCUT2D eigenvalue weighted by Crippen LogP contribution is -2.59. The number of amides is 1. The molecular weight excluding hydrogens is 495 g/mol. The van der Waals surface area contributed by atoms with Crippen LogP contribution < -0.4 is 14.5 Å². The summed E-state index contributed by atoms with van der Waals surface area (Å²) in [5, 5.41) is 0. The summed E-state index contributed by atoms with van der Waals surface area (Å²) < 4.78 is 50.8. The van der Waals surface area contributed by atoms with Crippen molar-refractivity contribution in [3.63, 3.8) is 0 Å². The van der Waals surface area contributed by atoms with Crippen molar-refractivity contribution < 1.29 is 27.4 Å². The Bertz CT molecular complexity index is 1080. The van der Waals surface area contributed by atoms with E-state index >= 15 is 0 Å². The van der Waals surface area contributed by atoms with Crippen molar-refractivity contribution in [1.29, 1.82) is 0 Å². The van der Waals surface area contributed by atoms with Crippen LogP contribution in [0.3, 0.4) is 0 Å². The van der Waals surface area contributed by atoms with Crippen LogP contribution in [0.2, 0.25) is 0 Å². The highest BCUT2D eigenvalue weighted by atomic mass is 19.4. The molecule has 0 unspecified atom stereocenters. The minimum absolute atomic E-state index is 0.0657. The second-order valence-electron chi connectivity index (χ2n) is 10.7. The molecule has 1 atom stereocenters. The van der Waals surface area contributed by atoms with Crippen LogP contribution in [0, 0.1) is 0 Å². The summed E-state index contributed by atoms with van der Waals surface area (Å²) in [6, 6.07) is 13.7. The standard InChI is InChI=1S/C29H36F3N3O3/c1-22-4-2-15-33(22)16-3-19-37-26-11-9-24(10-12-26)34-17-13-28(14-18-34)21-35(27(36)20-38-28)25-7-5-23(6-8-25)29(30,31)32/h5-12,22H,2-4,13-21H2,1H3/t22-/m1/s1. The van der Waals surface area contributed by atoms with Gasteiger partial charge in [-0.15, -0.1) is 0 Å². The Kier molecular flexibility index (Phi) is 7.86. The van der Waals surface area contributed by atoms with Gasteiger partial charge in [-0.25, -0.2) is 0 Å². The van der Waals surface area contributed by atoms with Crippen molar-refractivity contribution in [2.24, 2.45) is 0 Å². The Morgan fingerprint density at radius 2 is 1.68 bits per heavy atom. The molecule has 2 aromatic rings. The van der Waals surface area contributed by atoms with Crippen molar-refractivity contribution in [3.05, 3.63) is 54.1 Å². The number of carbonyl (C=O) groups excluding carboxylic acids is 1. The SMILES string of the molecule is C[C@@H]1CCCN1CCCOc1ccc(N2CCC3(CC2)CN(c2ccc(C(F)(F)F)cc2)C(=O)CO3)cc1. The largest absolute Gasteiger partial charge is 0.494 e. The van der Waals surface area contributed by atoms with Gasteiger partial charge in [0.1, 0.15) is 12.4 Å². The molecule has 6 nitrogen and oxygen atoms in total. The van der Waals surface area contributed by atoms with Crippen molar-refractivity contribution >= 4 is 17.3 Å². The minimum atomic E-state index is -4.40. The number of nitrogens with zero attached hydrogens (tertiary/aromatic N) is 3. The highest BCUT2D eigenvalue weighted by Crippen LogP contribution is 2.36. The van der Waals surface area contributed by atoms with Gasteiger partial charge in [0.25, 0.3) is 5.91 Å². The number of anilines is 2. The predicted molar refractivity (Wildman–Crippen MR) is 141 cm³/mol. The van der Waals surface area contributed by atoms with Gasteiger partial charge in [-0.1, -0.05) is 0 Å². The number of benzene rings is 2. The molecule has 3 heterocycles. The molecule has 0 radical (unpaired) electrons. The van der Waals surface area contributed by atoms with E-state index < -0.39 is 17.3 Å². The quantitative estimate of drug-likeness (QED) is 0.450. The number of hydrogen-bond acceptors (Lipinski definition) is 5. The summed E-state index contributed by atoms with van der Waals surface area (Å²) in [7, 11) is 0. The third kappa shape index (κ3) is 6.10. The predicted octanol–water partition coefficient (Wildman–Crippen LogP) is 5.36. The summed E-state index contributed by atoms with van der Waals surface area (Å²) >= 11 is 0. The van der Waals surface area contributed by atoms with Crippen LogP contribution in [0.15, 0.2) is 48.5 Å². The first-order valence-electron chi connectivity index (χ1n) is 13.6. The average Bonchev–Trinajstić information content (AvgIpc) is 3.33. The highest BCUT2D eigenvalue weighted by molar-refractivity contribution is 5.95. The topological polar surface area (TPSA) is 45.2 Å². The van der Waals surface area contributed by atoms with E-state index in [1.807, 2.05) is 12.1 Å². The van der Waals surface area contributed by atoms with Crippen LogP contribution in [0.1, 0.15) is 44.6 Å². The van der Waals surface area contributed by atoms with E-state index in [1.54, 1.807) is 4.90 Å². The smallest absolute Gasteiger partial charge is 0.416 e. The molecule has 206 valence electrons. The van der Waals surface area contributed by atoms with E-state index in [2.05, 4.69) is 28.9 Å². The average molecular weight is 532 g/mol. The van der Waals surface area contributed by atoms with Crippen molar-refractivity contribution in [1.82, 2.24) is 4.90 Å². The first kappa shape index (κ1) is 26.8. The third-order valence-corrected chi connectivity index (χ3v) is 8.18. The molecule has 0 N–H and O–H groups in total. The van der Waals surface area contributed by atoms with Crippen LogP contribution in [0.25, 0.3) is 0 Å². The molecule has 1 spiro atoms. The van der Waals surface area contributed by atoms with Gasteiger partial charge >= 0.3 is 6.18 Å². The normalized spacial score (nSPS) is 22.3. The van der Waals surface area contributed by atoms with Crippen molar-refractivity contribution in [2.45, 2.75) is 56.8 Å². The summed E-state index contributed by atoms with van der Waals surface area (Å²) in [6.45, 7) is 7.09. The van der Waals surface area contributed by atoms with Crippen LogP contribution in [0.4, 0.5) is 24.5 Å². The van der Waals surface area contributed by atoms with E-state index in [-0.39, 0.29) is 12.5 Å². The molecule has 5 rings (SSSR count). The van der Waals surface area contributed by atoms with Gasteiger partial charge in [0, 0.05) is 37.1 Å². The number of halogens is 3. The highest BCUT2D eigenvalue weighted by Gasteiger charge is 2.43. The molecule has 38 heavy (non-hydrogen) atoms. The molecule has 3 aliphatic heterocycles. The lowest BCUT2D eigenvalue weighted by atomic mass is 9.88. The molecule has 2 aromatic carbocycles. The second-order valence-corrected chi connectivity index (χ2v) is 10.7. The van der Waals surface area contributed by atoms with E-state index in [4.69, 9.17) is 9.47 Å². The third-order valence-electron chi connectivity index (χ3n) is 8.18. The Labute approximate surface area is 222 Å². The zero-order valence-corrected chi connectivity index (χ0v) is 21.9. The Morgan fingerprint density at radius 3 is 2.32 bits per heavy atom. The van der Waals surface area contributed by atoms with Crippen molar-refractivity contribution in [2.75, 3.05) is 55.7 Å². The Balaban J connectivity index is 1.12. The van der Waals surface area contributed by atoms with Gasteiger partial charge < -0.3 is 24.2 Å². The number of hydrogen-bond donors (Lipinski definition) is 0. The summed E-state index contributed by atoms with van der Waals surface area (Å²) in [6.07, 6.45) is 0.657. The molecule has 0 bridgehead atoms. The van der Waals surface area contributed by atoms with Gasteiger partial charge in [0.2, 0.25) is 0 Å². The zero-order valence-electron chi connectivity index (χ0n) is 21.9. The van der Waals surface area contributed by atoms with Crippen molar-refractivity contribution in [3.8, 4) is 5.75 Å². The number of ether oxygens (including phenoxy) is 2. The van der Waals surface area contributed by atoms with Crippen LogP contribution in [-0.2, 0) is 15.7 Å². The molecule has 0 aliphatic carbocycles. The lowest BCUT2D eigenvalue weighted by molar-refractivity contribution is -0.141. The first-order valence-corrected chi connectivity index (χ1v) is 13.6. The molecule has 0 aromatic heterocycles. The maximum absolute atomic E-state index is 12.9. The summed E-state index contributed by atoms with van der Waals surface area (Å²) in [5.41, 5.74) is 0.365. The van der Waals surface area contributed by atoms with E-state index in [0.29, 0.717) is 24.9 Å². The number of likely N-dealkylation sites (tertiary alicyclic amines) is 1. The maximum atomic E-state index is 12.9. The summed E-state index contributed by atoms with van der Waals surface area (Å²) in [5.74, 6) is 0.640. The second kappa shape index (κ2) is 11.1. The fourth-order valence-corrected chi connectivity index (χ4v) is 5.79. The van der Waals surface area contributed by atoms with Gasteiger partial charge in [-0.2, -0.15) is 13.2 Å². The van der Waals surface area contributed by atoms with Crippen LogP contribution in [0.5, 0.6) is 5.75 Å². The molecule has 9 heteroatoms. The molecule has 0 saturated carbocycles. The first-order chi connectivity index (χ1) is 18.2. The zero-order chi connectivity index (χ0) is 26.8. The van der Waals surface area contributed by atoms with Gasteiger partial charge in [0.15, 0.2) is 0 Å². The number of piperidine rings is 1. The van der Waals surface area contributed by atoms with Gasteiger partial charge in [-0.05, 0) is 94.1 Å². The summed E-state index contributed by atoms with van der Waals surface area (Å²) in [4.78, 5) is 18.9. The van der Waals surface area contributed by atoms with Crippen LogP contribution in [-0.4, -0.2) is 68.4 Å². The maximum Gasteiger partial charge on any atom is 0.416 e. The number of morpholine rings is 1. The van der Waals surface area contributed by atoms with E-state index in [1.165, 1.54) is 31.5 Å². The fourth-order valence-electron chi connectivity index (χ4n) is 5.79. The minimum Gasteiger partial charge on any atom is -0.494 e. The monoisotopic (exact) mass is 531 g/mol. The molecule has 3 saturated heterocycles. The Hall–Kier alpha value is -2.78. The molecule has 1 amide bonds. The molecular formula is C29H36F3N3O3. The number of alkyl halides is 3. The van der Waals surface area contributed by atoms with E-state index in [9.17, 15) is 18.0 Å².